The maximum Gasteiger partial charge on any atom is 0.338 e. The average molecular weight is 879 g/mol. The van der Waals surface area contributed by atoms with E-state index in [0.717, 1.165) is 6.07 Å². The van der Waals surface area contributed by atoms with E-state index in [-0.39, 0.29) is 82.3 Å². The fourth-order valence-corrected chi connectivity index (χ4v) is 7.69. The van der Waals surface area contributed by atoms with Crippen molar-refractivity contribution in [2.75, 3.05) is 20.3 Å². The summed E-state index contributed by atoms with van der Waals surface area (Å²) in [6, 6.07) is 12.1. The first-order valence-electron chi connectivity index (χ1n) is 19.2. The average Bonchev–Trinajstić information content (AvgIpc) is 3.48. The molecule has 1 aliphatic heterocycles. The molecule has 0 unspecified atom stereocenters. The first-order chi connectivity index (χ1) is 27.3. The number of amides is 1. The van der Waals surface area contributed by atoms with Gasteiger partial charge in [-0.05, 0) is 60.1 Å². The van der Waals surface area contributed by atoms with Crippen LogP contribution in [0, 0.1) is 40.2 Å². The molecule has 1 aliphatic rings. The van der Waals surface area contributed by atoms with E-state index in [1.165, 1.54) is 55.6 Å². The lowest BCUT2D eigenvalue weighted by Crippen LogP contribution is -2.47. The van der Waals surface area contributed by atoms with Crippen LogP contribution in [-0.2, 0) is 35.7 Å². The molecule has 15 heteroatoms. The number of esters is 2. The van der Waals surface area contributed by atoms with Crippen molar-refractivity contribution in [3.63, 3.8) is 0 Å². The Morgan fingerprint density at radius 1 is 1.00 bits per heavy atom. The number of halogens is 5. The lowest BCUT2D eigenvalue weighted by atomic mass is 9.62. The van der Waals surface area contributed by atoms with Crippen LogP contribution in [-0.4, -0.2) is 62.1 Å². The van der Waals surface area contributed by atoms with E-state index in [2.05, 4.69) is 16.7 Å². The topological polar surface area (TPSA) is 144 Å². The van der Waals surface area contributed by atoms with E-state index < -0.39 is 64.2 Å². The summed E-state index contributed by atoms with van der Waals surface area (Å²) >= 11 is 12.4. The molecule has 0 aliphatic carbocycles. The number of nitrogens with one attached hydrogen (secondary N) is 2. The molecule has 1 fully saturated rings. The first-order valence-corrected chi connectivity index (χ1v) is 20.0. The van der Waals surface area contributed by atoms with Crippen molar-refractivity contribution in [2.24, 2.45) is 17.3 Å². The number of hydrogen-bond donors (Lipinski definition) is 2. The number of nitrogens with zero attached hydrogens (tertiary/aromatic N) is 1. The molecular weight excluding hydrogens is 827 g/mol. The molecule has 0 aromatic heterocycles. The van der Waals surface area contributed by atoms with Crippen molar-refractivity contribution in [3.05, 3.63) is 98.5 Å². The van der Waals surface area contributed by atoms with Gasteiger partial charge in [-0.15, -0.1) is 12.4 Å². The van der Waals surface area contributed by atoms with E-state index >= 15 is 8.78 Å². The Hall–Kier alpha value is -4.28. The molecule has 4 rings (SSSR count). The van der Waals surface area contributed by atoms with Crippen molar-refractivity contribution in [3.8, 4) is 11.8 Å². The monoisotopic (exact) mass is 877 g/mol. The predicted octanol–water partition coefficient (Wildman–Crippen LogP) is 8.72. The highest BCUT2D eigenvalue weighted by molar-refractivity contribution is 6.31. The van der Waals surface area contributed by atoms with Gasteiger partial charge in [-0.3, -0.25) is 9.59 Å². The maximum atomic E-state index is 16.1. The summed E-state index contributed by atoms with van der Waals surface area (Å²) in [6.45, 7) is 12.5. The standard InChI is InChI=1S/C44H51Cl2F2N3O7.ClH/c1-9-25(4)40(53)51-38(24(2)3)42(55)58-18-17-57-41(54)27-14-13-26(34(20-27)56-8)19-33(52)39-36(29-11-10-12-31(46)37(29)48)44(23-49,35(50-39)22-43(5,6)7)30-16-15-28(45)21-32(30)47;/h10-16,20-21,24-25,35-36,38-39,50H,9,17-19,22H2,1-8H3,(H,51,53);1H/t25-,35+,36+,38+,39+,44+;/m1./s1. The van der Waals surface area contributed by atoms with Gasteiger partial charge in [-0.2, -0.15) is 5.26 Å². The largest absolute Gasteiger partial charge is 0.496 e. The van der Waals surface area contributed by atoms with E-state index in [1.54, 1.807) is 20.8 Å². The highest BCUT2D eigenvalue weighted by atomic mass is 35.5. The van der Waals surface area contributed by atoms with Crippen molar-refractivity contribution in [1.82, 2.24) is 10.6 Å². The fraction of sp³-hybridized carbons (Fsp3) is 0.477. The molecule has 3 aromatic rings. The lowest BCUT2D eigenvalue weighted by molar-refractivity contribution is -0.150. The lowest BCUT2D eigenvalue weighted by Gasteiger charge is -2.37. The minimum absolute atomic E-state index is 0. The minimum Gasteiger partial charge on any atom is -0.496 e. The zero-order valence-corrected chi connectivity index (χ0v) is 36.7. The van der Waals surface area contributed by atoms with Crippen LogP contribution in [0.15, 0.2) is 54.6 Å². The quantitative estimate of drug-likeness (QED) is 0.107. The highest BCUT2D eigenvalue weighted by Crippen LogP contribution is 2.53. The van der Waals surface area contributed by atoms with Gasteiger partial charge in [0.1, 0.15) is 42.1 Å². The summed E-state index contributed by atoms with van der Waals surface area (Å²) < 4.78 is 48.3. The summed E-state index contributed by atoms with van der Waals surface area (Å²) in [4.78, 5) is 52.7. The molecule has 59 heavy (non-hydrogen) atoms. The number of nitriles is 1. The third-order valence-corrected chi connectivity index (χ3v) is 11.0. The van der Waals surface area contributed by atoms with Gasteiger partial charge in [0.05, 0.1) is 29.8 Å². The third-order valence-electron chi connectivity index (χ3n) is 10.5. The summed E-state index contributed by atoms with van der Waals surface area (Å²) in [5.74, 6) is -5.29. The second-order valence-corrected chi connectivity index (χ2v) is 17.0. The number of methoxy groups -OCH3 is 1. The zero-order chi connectivity index (χ0) is 43.1. The van der Waals surface area contributed by atoms with Crippen LogP contribution in [0.5, 0.6) is 5.75 Å². The Balaban J connectivity index is 0.00000930. The second kappa shape index (κ2) is 20.8. The third kappa shape index (κ3) is 11.3. The molecule has 0 spiro atoms. The van der Waals surface area contributed by atoms with Gasteiger partial charge >= 0.3 is 11.9 Å². The van der Waals surface area contributed by atoms with E-state index in [9.17, 15) is 24.4 Å². The van der Waals surface area contributed by atoms with Crippen LogP contribution < -0.4 is 15.4 Å². The Labute approximate surface area is 361 Å². The van der Waals surface area contributed by atoms with Gasteiger partial charge in [-0.1, -0.05) is 95.9 Å². The van der Waals surface area contributed by atoms with Gasteiger partial charge in [0, 0.05) is 40.4 Å². The number of hydrogen-bond acceptors (Lipinski definition) is 9. The molecule has 0 radical (unpaired) electrons. The molecule has 3 aromatic carbocycles. The van der Waals surface area contributed by atoms with E-state index in [0.29, 0.717) is 18.4 Å². The molecule has 1 amide bonds. The molecule has 1 heterocycles. The highest BCUT2D eigenvalue weighted by Gasteiger charge is 2.61. The number of ketones is 1. The number of carbonyl (C=O) groups excluding carboxylic acids is 4. The maximum absolute atomic E-state index is 16.1. The number of rotatable bonds is 16. The van der Waals surface area contributed by atoms with Crippen LogP contribution in [0.1, 0.15) is 94.3 Å². The number of carbonyl (C=O) groups is 4. The molecule has 0 bridgehead atoms. The van der Waals surface area contributed by atoms with E-state index in [1.807, 2.05) is 27.7 Å². The van der Waals surface area contributed by atoms with Crippen LogP contribution in [0.25, 0.3) is 0 Å². The van der Waals surface area contributed by atoms with E-state index in [4.69, 9.17) is 37.4 Å². The Kier molecular flexibility index (Phi) is 17.3. The summed E-state index contributed by atoms with van der Waals surface area (Å²) in [6.07, 6.45) is 0.640. The molecule has 6 atom stereocenters. The molecular formula is C44H52Cl3F2N3O7. The Morgan fingerprint density at radius 2 is 1.68 bits per heavy atom. The second-order valence-electron chi connectivity index (χ2n) is 16.2. The summed E-state index contributed by atoms with van der Waals surface area (Å²) in [7, 11) is 1.37. The van der Waals surface area contributed by atoms with Crippen LogP contribution in [0.3, 0.4) is 0 Å². The van der Waals surface area contributed by atoms with Gasteiger partial charge in [-0.25, -0.2) is 18.4 Å². The summed E-state index contributed by atoms with van der Waals surface area (Å²) in [5, 5.41) is 17.0. The smallest absolute Gasteiger partial charge is 0.338 e. The van der Waals surface area contributed by atoms with Crippen molar-refractivity contribution in [2.45, 2.75) is 97.2 Å². The number of benzene rings is 3. The van der Waals surface area contributed by atoms with Crippen molar-refractivity contribution in [1.29, 1.82) is 5.26 Å². The fourth-order valence-electron chi connectivity index (χ4n) is 7.35. The molecule has 0 saturated carbocycles. The van der Waals surface area contributed by atoms with Crippen molar-refractivity contribution >= 4 is 59.2 Å². The number of Topliss-reactive ketones (excluding diaryl/α,β-unsaturated/α-hetero) is 1. The van der Waals surface area contributed by atoms with Crippen molar-refractivity contribution < 1.29 is 42.2 Å². The molecule has 1 saturated heterocycles. The Bertz CT molecular complexity index is 2050. The Morgan fingerprint density at radius 3 is 2.27 bits per heavy atom. The van der Waals surface area contributed by atoms with Gasteiger partial charge in [0.25, 0.3) is 0 Å². The number of ether oxygens (including phenoxy) is 3. The summed E-state index contributed by atoms with van der Waals surface area (Å²) in [5.41, 5.74) is -1.82. The minimum atomic E-state index is -1.79. The molecule has 10 nitrogen and oxygen atoms in total. The molecule has 320 valence electrons. The van der Waals surface area contributed by atoms with Gasteiger partial charge < -0.3 is 24.8 Å². The first kappa shape index (κ1) is 49.1. The zero-order valence-electron chi connectivity index (χ0n) is 34.4. The SMILES string of the molecule is CC[C@@H](C)C(=O)N[C@H](C(=O)OCCOC(=O)c1ccc(CC(=O)[C@@H]2N[C@@H](CC(C)(C)C)[C@](C#N)(c3ccc(Cl)cc3F)[C@H]2c2cccc(Cl)c2F)c(OC)c1)C(C)C.Cl. The van der Waals surface area contributed by atoms with Crippen LogP contribution >= 0.6 is 35.6 Å². The normalized spacial score (nSPS) is 19.8. The van der Waals surface area contributed by atoms with Crippen LogP contribution in [0.2, 0.25) is 10.0 Å². The molecule has 2 N–H and O–H groups in total. The van der Waals surface area contributed by atoms with Gasteiger partial charge in [0.15, 0.2) is 5.78 Å². The predicted molar refractivity (Wildman–Crippen MR) is 224 cm³/mol. The van der Waals surface area contributed by atoms with Crippen LogP contribution in [0.4, 0.5) is 8.78 Å². The van der Waals surface area contributed by atoms with Gasteiger partial charge in [0.2, 0.25) is 5.91 Å².